The topological polar surface area (TPSA) is 261 Å². The second-order valence-electron chi connectivity index (χ2n) is 11.4. The lowest BCUT2D eigenvalue weighted by Gasteiger charge is -2.30. The minimum absolute atomic E-state index is 0.0350. The number of imidazole rings is 1. The van der Waals surface area contributed by atoms with E-state index in [1.165, 1.54) is 37.8 Å². The Morgan fingerprint density at radius 3 is 1.96 bits per heavy atom. The Balaban J connectivity index is 0.000000233. The fourth-order valence-corrected chi connectivity index (χ4v) is 7.96. The molecule has 4 N–H and O–H groups in total. The summed E-state index contributed by atoms with van der Waals surface area (Å²) in [5.74, 6) is -0.613. The molecule has 23 heteroatoms. The van der Waals surface area contributed by atoms with Gasteiger partial charge in [-0.3, -0.25) is 9.59 Å². The molecule has 2 saturated heterocycles. The number of carboxylic acid groups (broad SMARTS) is 3. The zero-order valence-electron chi connectivity index (χ0n) is 27.6. The highest BCUT2D eigenvalue weighted by molar-refractivity contribution is 8.00. The monoisotopic (exact) mass is 776 g/mol. The number of carbonyl (C=O) groups excluding carboxylic acids is 1. The van der Waals surface area contributed by atoms with E-state index in [4.69, 9.17) is 20.1 Å². The summed E-state index contributed by atoms with van der Waals surface area (Å²) in [6.45, 7) is 2.07. The Labute approximate surface area is 309 Å². The quantitative estimate of drug-likeness (QED) is 0.142. The summed E-state index contributed by atoms with van der Waals surface area (Å²) in [4.78, 5) is 55.0. The van der Waals surface area contributed by atoms with Crippen molar-refractivity contribution >= 4 is 59.4 Å². The molecule has 2 amide bonds. The van der Waals surface area contributed by atoms with Gasteiger partial charge < -0.3 is 34.8 Å². The van der Waals surface area contributed by atoms with Crippen LogP contribution in [0.3, 0.4) is 0 Å². The molecule has 6 rings (SSSR count). The number of hydrogen-bond donors (Lipinski definition) is 4. The molecule has 2 aliphatic rings. The van der Waals surface area contributed by atoms with Crippen LogP contribution in [0.4, 0.5) is 9.59 Å². The van der Waals surface area contributed by atoms with Gasteiger partial charge in [0.1, 0.15) is 12.3 Å². The van der Waals surface area contributed by atoms with Crippen LogP contribution in [0.5, 0.6) is 5.75 Å². The molecule has 0 aliphatic carbocycles. The number of piperidine rings is 2. The van der Waals surface area contributed by atoms with Gasteiger partial charge in [-0.15, -0.1) is 10.2 Å². The summed E-state index contributed by atoms with van der Waals surface area (Å²) in [7, 11) is 0. The summed E-state index contributed by atoms with van der Waals surface area (Å²) in [5.41, 5.74) is 1.11. The number of H-pyrrole nitrogens is 1. The van der Waals surface area contributed by atoms with Crippen LogP contribution in [0.15, 0.2) is 52.1 Å². The molecule has 0 spiro atoms. The lowest BCUT2D eigenvalue weighted by Crippen LogP contribution is -2.41. The van der Waals surface area contributed by atoms with E-state index in [1.807, 2.05) is 12.1 Å². The fraction of sp³-hybridized carbons (Fsp3) is 0.483. The van der Waals surface area contributed by atoms with Gasteiger partial charge in [0.05, 0.1) is 13.0 Å². The van der Waals surface area contributed by atoms with E-state index in [0.29, 0.717) is 55.1 Å². The van der Waals surface area contributed by atoms with Gasteiger partial charge in [0.2, 0.25) is 10.3 Å². The summed E-state index contributed by atoms with van der Waals surface area (Å²) in [5, 5.41) is 51.1. The molecule has 1 aromatic carbocycles. The molecular formula is C29H36N12O8S3. The first-order chi connectivity index (χ1) is 25.1. The van der Waals surface area contributed by atoms with E-state index in [1.54, 1.807) is 41.2 Å². The number of ether oxygens (including phenoxy) is 1. The van der Waals surface area contributed by atoms with Gasteiger partial charge >= 0.3 is 24.1 Å². The summed E-state index contributed by atoms with van der Waals surface area (Å²) >= 11 is 4.52. The lowest BCUT2D eigenvalue weighted by atomic mass is 10.1. The van der Waals surface area contributed by atoms with Crippen LogP contribution in [-0.2, 0) is 28.4 Å². The van der Waals surface area contributed by atoms with Crippen LogP contribution < -0.4 is 4.74 Å². The Kier molecular flexibility index (Phi) is 14.1. The van der Waals surface area contributed by atoms with E-state index < -0.39 is 18.0 Å². The molecule has 278 valence electrons. The van der Waals surface area contributed by atoms with Gasteiger partial charge in [-0.25, -0.2) is 23.9 Å². The SMILES string of the molecule is O=C(O)CCn1nnnc1SC1CCN(C(=O)Oc2ccc(CSc3ncc[nH]3)cc2)CC1.O=C(O)Cn1nnnc1SC1CCN(C(=O)O)CC1. The van der Waals surface area contributed by atoms with Crippen LogP contribution in [0.2, 0.25) is 0 Å². The number of aliphatic carboxylic acids is 2. The Hall–Kier alpha value is -4.90. The molecule has 0 saturated carbocycles. The molecule has 4 aromatic rings. The van der Waals surface area contributed by atoms with E-state index >= 15 is 0 Å². The number of amides is 2. The van der Waals surface area contributed by atoms with Crippen molar-refractivity contribution in [3.8, 4) is 5.75 Å². The van der Waals surface area contributed by atoms with E-state index in [9.17, 15) is 19.2 Å². The molecule has 0 bridgehead atoms. The standard InChI is InChI=1S/C20H23N7O4S2.C9H13N5O4S/c28-17(29)7-12-27-19(23-24-25-27)33-16-5-10-26(11-6-16)20(30)31-15-3-1-14(2-4-15)13-32-18-21-8-9-22-18;15-7(16)5-14-8(10-11-12-14)19-6-1-3-13(4-2-6)9(17)18/h1-4,8-9,16H,5-7,10-13H2,(H,21,22)(H,28,29);6H,1-5H2,(H,15,16)(H,17,18). The largest absolute Gasteiger partial charge is 0.481 e. The van der Waals surface area contributed by atoms with Gasteiger partial charge in [-0.05, 0) is 64.2 Å². The highest BCUT2D eigenvalue weighted by atomic mass is 32.2. The highest BCUT2D eigenvalue weighted by Crippen LogP contribution is 2.30. The minimum atomic E-state index is -1.00. The second kappa shape index (κ2) is 19.1. The minimum Gasteiger partial charge on any atom is -0.481 e. The molecule has 3 aromatic heterocycles. The van der Waals surface area contributed by atoms with E-state index in [0.717, 1.165) is 29.3 Å². The Morgan fingerprint density at radius 1 is 0.808 bits per heavy atom. The predicted octanol–water partition coefficient (Wildman–Crippen LogP) is 2.91. The summed E-state index contributed by atoms with van der Waals surface area (Å²) in [6.07, 6.45) is 5.17. The first kappa shape index (κ1) is 38.3. The van der Waals surface area contributed by atoms with Crippen LogP contribution in [0, 0.1) is 0 Å². The van der Waals surface area contributed by atoms with Crippen molar-refractivity contribution in [2.75, 3.05) is 26.2 Å². The number of aromatic nitrogens is 10. The van der Waals surface area contributed by atoms with Crippen molar-refractivity contribution in [2.45, 2.75) is 76.9 Å². The Morgan fingerprint density at radius 2 is 1.40 bits per heavy atom. The van der Waals surface area contributed by atoms with Crippen LogP contribution in [0.25, 0.3) is 0 Å². The number of rotatable bonds is 13. The average molecular weight is 777 g/mol. The van der Waals surface area contributed by atoms with Crippen molar-refractivity contribution in [3.63, 3.8) is 0 Å². The first-order valence-corrected chi connectivity index (χ1v) is 18.8. The van der Waals surface area contributed by atoms with Crippen molar-refractivity contribution in [3.05, 3.63) is 42.2 Å². The summed E-state index contributed by atoms with van der Waals surface area (Å²) < 4.78 is 8.28. The molecule has 2 fully saturated rings. The van der Waals surface area contributed by atoms with Crippen LogP contribution >= 0.6 is 35.3 Å². The number of likely N-dealkylation sites (tertiary alicyclic amines) is 2. The van der Waals surface area contributed by atoms with Crippen LogP contribution in [0.1, 0.15) is 37.7 Å². The molecule has 0 unspecified atom stereocenters. The highest BCUT2D eigenvalue weighted by Gasteiger charge is 2.27. The lowest BCUT2D eigenvalue weighted by molar-refractivity contribution is -0.138. The molecule has 20 nitrogen and oxygen atoms in total. The van der Waals surface area contributed by atoms with Gasteiger partial charge in [0, 0.05) is 54.8 Å². The van der Waals surface area contributed by atoms with Crippen molar-refractivity contribution in [1.29, 1.82) is 0 Å². The number of hydrogen-bond acceptors (Lipinski definition) is 15. The van der Waals surface area contributed by atoms with Gasteiger partial charge in [0.25, 0.3) is 0 Å². The molecule has 52 heavy (non-hydrogen) atoms. The van der Waals surface area contributed by atoms with E-state index in [-0.39, 0.29) is 36.1 Å². The van der Waals surface area contributed by atoms with Gasteiger partial charge in [-0.2, -0.15) is 0 Å². The zero-order chi connectivity index (χ0) is 36.9. The molecule has 0 atom stereocenters. The maximum absolute atomic E-state index is 12.5. The fourth-order valence-electron chi connectivity index (χ4n) is 5.05. The number of thioether (sulfide) groups is 3. The molecule has 5 heterocycles. The normalized spacial score (nSPS) is 15.2. The van der Waals surface area contributed by atoms with Gasteiger partial charge in [0.15, 0.2) is 5.16 Å². The molecule has 2 aliphatic heterocycles. The maximum Gasteiger partial charge on any atom is 0.415 e. The first-order valence-electron chi connectivity index (χ1n) is 16.1. The number of aromatic amines is 1. The number of aryl methyl sites for hydroxylation is 1. The number of carboxylic acids is 2. The number of nitrogens with one attached hydrogen (secondary N) is 1. The number of benzene rings is 1. The van der Waals surface area contributed by atoms with Crippen molar-refractivity contribution in [1.82, 2.24) is 60.2 Å². The third-order valence-electron chi connectivity index (χ3n) is 7.75. The second-order valence-corrected chi connectivity index (χ2v) is 14.9. The van der Waals surface area contributed by atoms with Gasteiger partial charge in [-0.1, -0.05) is 47.4 Å². The number of tetrazole rings is 2. The average Bonchev–Trinajstić information content (AvgIpc) is 3.91. The number of nitrogens with zero attached hydrogens (tertiary/aromatic N) is 11. The van der Waals surface area contributed by atoms with Crippen LogP contribution in [-0.4, -0.2) is 136 Å². The summed E-state index contributed by atoms with van der Waals surface area (Å²) in [6, 6.07) is 7.48. The predicted molar refractivity (Wildman–Crippen MR) is 185 cm³/mol. The Bertz CT molecular complexity index is 1760. The maximum atomic E-state index is 12.5. The molecule has 0 radical (unpaired) electrons. The van der Waals surface area contributed by atoms with Crippen molar-refractivity contribution in [2.24, 2.45) is 0 Å². The van der Waals surface area contributed by atoms with Crippen molar-refractivity contribution < 1.29 is 39.2 Å². The third-order valence-corrected chi connectivity index (χ3v) is 11.3. The van der Waals surface area contributed by atoms with E-state index in [2.05, 4.69) is 41.0 Å². The number of carbonyl (C=O) groups is 4. The molecular weight excluding hydrogens is 741 g/mol. The zero-order valence-corrected chi connectivity index (χ0v) is 30.1. The third kappa shape index (κ3) is 11.8. The smallest absolute Gasteiger partial charge is 0.415 e.